The van der Waals surface area contributed by atoms with Crippen molar-refractivity contribution in [3.63, 3.8) is 0 Å². The molecule has 2 aromatic heterocycles. The summed E-state index contributed by atoms with van der Waals surface area (Å²) in [5, 5.41) is 20.0. The molecule has 0 atom stereocenters. The Hall–Kier alpha value is -3.07. The number of nitro groups is 1. The number of nitrogens with zero attached hydrogens (tertiary/aromatic N) is 4. The summed E-state index contributed by atoms with van der Waals surface area (Å²) >= 11 is 1.39. The van der Waals surface area contributed by atoms with Crippen LogP contribution in [0, 0.1) is 17.0 Å². The van der Waals surface area contributed by atoms with Crippen LogP contribution in [0.1, 0.15) is 15.5 Å². The average Bonchev–Trinajstić information content (AvgIpc) is 3.16. The SMILES string of the molecule is Cc1nc(C(=O)Nc2ccnn2-c2ccc([N+](=O)[O-])cc2)cs1. The summed E-state index contributed by atoms with van der Waals surface area (Å²) < 4.78 is 1.49. The predicted octanol–water partition coefficient (Wildman–Crippen LogP) is 2.80. The van der Waals surface area contributed by atoms with Crippen molar-refractivity contribution in [1.29, 1.82) is 0 Å². The minimum Gasteiger partial charge on any atom is -0.305 e. The van der Waals surface area contributed by atoms with E-state index in [1.807, 2.05) is 6.92 Å². The lowest BCUT2D eigenvalue weighted by atomic mass is 10.3. The zero-order valence-corrected chi connectivity index (χ0v) is 12.8. The number of benzene rings is 1. The highest BCUT2D eigenvalue weighted by atomic mass is 32.1. The van der Waals surface area contributed by atoms with Crippen LogP contribution in [0.25, 0.3) is 5.69 Å². The van der Waals surface area contributed by atoms with E-state index in [2.05, 4.69) is 15.4 Å². The number of nitrogens with one attached hydrogen (secondary N) is 1. The lowest BCUT2D eigenvalue weighted by Crippen LogP contribution is -2.15. The number of carbonyl (C=O) groups excluding carboxylic acids is 1. The van der Waals surface area contributed by atoms with Crippen LogP contribution in [-0.2, 0) is 0 Å². The van der Waals surface area contributed by atoms with Gasteiger partial charge in [0.2, 0.25) is 0 Å². The summed E-state index contributed by atoms with van der Waals surface area (Å²) in [5.74, 6) is 0.118. The molecule has 1 N–H and O–H groups in total. The molecule has 116 valence electrons. The maximum absolute atomic E-state index is 12.2. The molecule has 0 fully saturated rings. The second kappa shape index (κ2) is 5.97. The molecular formula is C14H11N5O3S. The van der Waals surface area contributed by atoms with E-state index in [-0.39, 0.29) is 11.6 Å². The summed E-state index contributed by atoms with van der Waals surface area (Å²) in [6.45, 7) is 1.82. The van der Waals surface area contributed by atoms with E-state index in [0.717, 1.165) is 5.01 Å². The number of anilines is 1. The number of rotatable bonds is 4. The number of hydrogen-bond donors (Lipinski definition) is 1. The molecule has 3 aromatic rings. The molecule has 2 heterocycles. The maximum atomic E-state index is 12.2. The topological polar surface area (TPSA) is 103 Å². The monoisotopic (exact) mass is 329 g/mol. The van der Waals surface area contributed by atoms with Crippen molar-refractivity contribution >= 4 is 28.7 Å². The van der Waals surface area contributed by atoms with Gasteiger partial charge in [0.25, 0.3) is 11.6 Å². The summed E-state index contributed by atoms with van der Waals surface area (Å²) in [4.78, 5) is 26.5. The maximum Gasteiger partial charge on any atom is 0.276 e. The Morgan fingerprint density at radius 1 is 1.30 bits per heavy atom. The minimum absolute atomic E-state index is 0.00978. The van der Waals surface area contributed by atoms with Crippen molar-refractivity contribution in [3.8, 4) is 5.69 Å². The Labute approximate surface area is 134 Å². The van der Waals surface area contributed by atoms with Crippen molar-refractivity contribution in [1.82, 2.24) is 14.8 Å². The first-order chi connectivity index (χ1) is 11.0. The van der Waals surface area contributed by atoms with E-state index in [9.17, 15) is 14.9 Å². The van der Waals surface area contributed by atoms with Crippen LogP contribution in [0.3, 0.4) is 0 Å². The van der Waals surface area contributed by atoms with E-state index < -0.39 is 4.92 Å². The number of hydrogen-bond acceptors (Lipinski definition) is 6. The number of carbonyl (C=O) groups is 1. The molecule has 8 nitrogen and oxygen atoms in total. The van der Waals surface area contributed by atoms with Crippen LogP contribution < -0.4 is 5.32 Å². The molecule has 3 rings (SSSR count). The lowest BCUT2D eigenvalue weighted by molar-refractivity contribution is -0.384. The number of non-ortho nitro benzene ring substituents is 1. The predicted molar refractivity (Wildman–Crippen MR) is 85.0 cm³/mol. The quantitative estimate of drug-likeness (QED) is 0.585. The van der Waals surface area contributed by atoms with Gasteiger partial charge in [-0.3, -0.25) is 14.9 Å². The van der Waals surface area contributed by atoms with E-state index >= 15 is 0 Å². The number of aromatic nitrogens is 3. The van der Waals surface area contributed by atoms with E-state index in [1.165, 1.54) is 34.3 Å². The second-order valence-corrected chi connectivity index (χ2v) is 5.67. The number of nitro benzene ring substituents is 1. The Kier molecular flexibility index (Phi) is 3.85. The van der Waals surface area contributed by atoms with Gasteiger partial charge in [-0.25, -0.2) is 9.67 Å². The Balaban J connectivity index is 1.84. The Bertz CT molecular complexity index is 869. The summed E-state index contributed by atoms with van der Waals surface area (Å²) in [6.07, 6.45) is 1.53. The van der Waals surface area contributed by atoms with Gasteiger partial charge < -0.3 is 5.32 Å². The fourth-order valence-corrected chi connectivity index (χ4v) is 2.56. The molecule has 23 heavy (non-hydrogen) atoms. The van der Waals surface area contributed by atoms with Crippen LogP contribution in [0.15, 0.2) is 41.9 Å². The first-order valence-corrected chi connectivity index (χ1v) is 7.45. The third-order valence-corrected chi connectivity index (χ3v) is 3.81. The summed E-state index contributed by atoms with van der Waals surface area (Å²) in [7, 11) is 0. The lowest BCUT2D eigenvalue weighted by Gasteiger charge is -2.08. The standard InChI is InChI=1S/C14H11N5O3S/c1-9-16-12(8-23-9)14(20)17-13-6-7-15-18(13)10-2-4-11(5-3-10)19(21)22/h2-8H,1H3,(H,17,20). The molecule has 0 spiro atoms. The van der Waals surface area contributed by atoms with Gasteiger partial charge in [-0.15, -0.1) is 11.3 Å². The van der Waals surface area contributed by atoms with Gasteiger partial charge >= 0.3 is 0 Å². The molecule has 0 saturated carbocycles. The van der Waals surface area contributed by atoms with Crippen molar-refractivity contribution in [2.75, 3.05) is 5.32 Å². The van der Waals surface area contributed by atoms with Gasteiger partial charge in [-0.05, 0) is 19.1 Å². The molecule has 0 aliphatic carbocycles. The third kappa shape index (κ3) is 3.09. The number of amides is 1. The first-order valence-electron chi connectivity index (χ1n) is 6.57. The van der Waals surface area contributed by atoms with Crippen molar-refractivity contribution < 1.29 is 9.72 Å². The highest BCUT2D eigenvalue weighted by Crippen LogP contribution is 2.19. The van der Waals surface area contributed by atoms with Crippen LogP contribution in [0.2, 0.25) is 0 Å². The van der Waals surface area contributed by atoms with Gasteiger partial charge in [0.05, 0.1) is 21.8 Å². The molecule has 0 bridgehead atoms. The second-order valence-electron chi connectivity index (χ2n) is 4.61. The minimum atomic E-state index is -0.472. The van der Waals surface area contributed by atoms with Gasteiger partial charge in [0.15, 0.2) is 0 Å². The molecule has 0 aliphatic rings. The molecule has 1 aromatic carbocycles. The normalized spacial score (nSPS) is 10.5. The van der Waals surface area contributed by atoms with Gasteiger partial charge in [0, 0.05) is 23.6 Å². The molecule has 0 radical (unpaired) electrons. The van der Waals surface area contributed by atoms with Crippen LogP contribution >= 0.6 is 11.3 Å². The van der Waals surface area contributed by atoms with Gasteiger partial charge in [0.1, 0.15) is 11.5 Å². The molecule has 9 heteroatoms. The summed E-state index contributed by atoms with van der Waals surface area (Å²) in [6, 6.07) is 7.53. The van der Waals surface area contributed by atoms with Crippen LogP contribution in [0.4, 0.5) is 11.5 Å². The largest absolute Gasteiger partial charge is 0.305 e. The highest BCUT2D eigenvalue weighted by molar-refractivity contribution is 7.09. The molecule has 1 amide bonds. The smallest absolute Gasteiger partial charge is 0.276 e. The van der Waals surface area contributed by atoms with Crippen molar-refractivity contribution in [2.45, 2.75) is 6.92 Å². The number of aryl methyl sites for hydroxylation is 1. The molecule has 0 unspecified atom stereocenters. The Morgan fingerprint density at radius 3 is 2.65 bits per heavy atom. The highest BCUT2D eigenvalue weighted by Gasteiger charge is 2.14. The summed E-state index contributed by atoms with van der Waals surface area (Å²) in [5.41, 5.74) is 0.929. The van der Waals surface area contributed by atoms with E-state index in [1.54, 1.807) is 23.6 Å². The van der Waals surface area contributed by atoms with Crippen LogP contribution in [-0.4, -0.2) is 25.6 Å². The fourth-order valence-electron chi connectivity index (χ4n) is 1.97. The van der Waals surface area contributed by atoms with Crippen molar-refractivity contribution in [3.05, 3.63) is 62.7 Å². The van der Waals surface area contributed by atoms with Crippen molar-refractivity contribution in [2.24, 2.45) is 0 Å². The number of thiazole rings is 1. The Morgan fingerprint density at radius 2 is 2.04 bits per heavy atom. The molecule has 0 aliphatic heterocycles. The van der Waals surface area contributed by atoms with E-state index in [4.69, 9.17) is 0 Å². The molecule has 0 saturated heterocycles. The zero-order valence-electron chi connectivity index (χ0n) is 12.0. The van der Waals surface area contributed by atoms with Gasteiger partial charge in [-0.1, -0.05) is 0 Å². The third-order valence-electron chi connectivity index (χ3n) is 3.04. The molecular weight excluding hydrogens is 318 g/mol. The van der Waals surface area contributed by atoms with Gasteiger partial charge in [-0.2, -0.15) is 5.10 Å². The van der Waals surface area contributed by atoms with Crippen LogP contribution in [0.5, 0.6) is 0 Å². The first kappa shape index (κ1) is 14.9. The zero-order chi connectivity index (χ0) is 16.4. The average molecular weight is 329 g/mol. The van der Waals surface area contributed by atoms with E-state index in [0.29, 0.717) is 17.2 Å². The fraction of sp³-hybridized carbons (Fsp3) is 0.0714.